The van der Waals surface area contributed by atoms with Crippen LogP contribution in [0.4, 0.5) is 4.79 Å². The van der Waals surface area contributed by atoms with E-state index >= 15 is 0 Å². The first-order valence-electron chi connectivity index (χ1n) is 7.11. The van der Waals surface area contributed by atoms with Crippen LogP contribution >= 0.6 is 0 Å². The topological polar surface area (TPSA) is 35.9 Å². The van der Waals surface area contributed by atoms with Crippen molar-refractivity contribution in [1.82, 2.24) is 9.96 Å². The van der Waals surface area contributed by atoms with Gasteiger partial charge in [0, 0.05) is 18.7 Å². The van der Waals surface area contributed by atoms with Gasteiger partial charge >= 0.3 is 6.03 Å². The van der Waals surface area contributed by atoms with Gasteiger partial charge in [-0.3, -0.25) is 0 Å². The molecule has 3 unspecified atom stereocenters. The summed E-state index contributed by atoms with van der Waals surface area (Å²) in [4.78, 5) is 19.8. The Morgan fingerprint density at radius 2 is 1.79 bits per heavy atom. The van der Waals surface area contributed by atoms with Gasteiger partial charge in [-0.2, -0.15) is 5.06 Å². The van der Waals surface area contributed by atoms with Crippen molar-refractivity contribution in [2.24, 2.45) is 11.8 Å². The maximum absolute atomic E-state index is 12.4. The number of amides is 2. The molecule has 4 rings (SSSR count). The van der Waals surface area contributed by atoms with E-state index in [0.717, 1.165) is 30.5 Å². The summed E-state index contributed by atoms with van der Waals surface area (Å²) < 4.78 is 0. The van der Waals surface area contributed by atoms with Crippen molar-refractivity contribution in [3.8, 4) is 0 Å². The number of hydroxylamine groups is 2. The van der Waals surface area contributed by atoms with Crippen molar-refractivity contribution in [2.45, 2.75) is 25.5 Å². The number of rotatable bonds is 1. The van der Waals surface area contributed by atoms with Gasteiger partial charge < -0.3 is 4.90 Å². The molecule has 0 radical (unpaired) electrons. The predicted molar refractivity (Wildman–Crippen MR) is 69.9 cm³/mol. The molecule has 2 saturated heterocycles. The first-order valence-corrected chi connectivity index (χ1v) is 7.11. The molecular weight excluding hydrogens is 240 g/mol. The van der Waals surface area contributed by atoms with Crippen LogP contribution in [-0.4, -0.2) is 29.1 Å². The normalized spacial score (nSPS) is 32.5. The molecule has 0 N–H and O–H groups in total. The van der Waals surface area contributed by atoms with Crippen LogP contribution in [0.1, 0.15) is 31.1 Å². The van der Waals surface area contributed by atoms with Crippen LogP contribution in [0.3, 0.4) is 0 Å². The van der Waals surface area contributed by atoms with E-state index in [1.807, 2.05) is 35.2 Å². The zero-order chi connectivity index (χ0) is 12.8. The van der Waals surface area contributed by atoms with E-state index in [1.165, 1.54) is 24.3 Å². The lowest BCUT2D eigenvalue weighted by Crippen LogP contribution is -2.43. The summed E-state index contributed by atoms with van der Waals surface area (Å²) in [6, 6.07) is 9.96. The van der Waals surface area contributed by atoms with E-state index in [1.54, 1.807) is 0 Å². The monoisotopic (exact) mass is 258 g/mol. The Morgan fingerprint density at radius 3 is 2.47 bits per heavy atom. The highest BCUT2D eigenvalue weighted by molar-refractivity contribution is 5.75. The van der Waals surface area contributed by atoms with Crippen LogP contribution < -0.4 is 0 Å². The van der Waals surface area contributed by atoms with Crippen molar-refractivity contribution in [2.75, 3.05) is 13.1 Å². The highest BCUT2D eigenvalue weighted by Gasteiger charge is 2.47. The molecule has 3 atom stereocenters. The number of piperidine rings is 1. The second kappa shape index (κ2) is 4.23. The second-order valence-corrected chi connectivity index (χ2v) is 5.93. The molecule has 19 heavy (non-hydrogen) atoms. The highest BCUT2D eigenvalue weighted by atomic mass is 16.8. The van der Waals surface area contributed by atoms with Crippen molar-refractivity contribution < 1.29 is 9.63 Å². The van der Waals surface area contributed by atoms with Gasteiger partial charge in [-0.25, -0.2) is 9.63 Å². The summed E-state index contributed by atoms with van der Waals surface area (Å²) in [5.74, 6) is 1.44. The molecule has 2 bridgehead atoms. The zero-order valence-electron chi connectivity index (χ0n) is 10.9. The number of carbonyl (C=O) groups excluding carboxylic acids is 1. The average Bonchev–Trinajstić information content (AvgIpc) is 3.19. The largest absolute Gasteiger partial charge is 0.346 e. The van der Waals surface area contributed by atoms with Crippen LogP contribution in [0.25, 0.3) is 0 Å². The molecule has 0 spiro atoms. The first-order chi connectivity index (χ1) is 9.31. The van der Waals surface area contributed by atoms with Gasteiger partial charge in [0.1, 0.15) is 0 Å². The minimum atomic E-state index is -0.173. The molecule has 0 aromatic heterocycles. The van der Waals surface area contributed by atoms with Gasteiger partial charge in [-0.15, -0.1) is 0 Å². The third-order valence-electron chi connectivity index (χ3n) is 4.53. The van der Waals surface area contributed by atoms with Crippen LogP contribution in [0.15, 0.2) is 30.3 Å². The van der Waals surface area contributed by atoms with Gasteiger partial charge in [0.05, 0.1) is 0 Å². The SMILES string of the molecule is O=C(N1CC2CCC(C2)C1)N1OC1c1ccccc1. The van der Waals surface area contributed by atoms with E-state index in [9.17, 15) is 4.79 Å². The maximum Gasteiger partial charge on any atom is 0.346 e. The summed E-state index contributed by atoms with van der Waals surface area (Å²) in [6.07, 6.45) is 3.72. The van der Waals surface area contributed by atoms with Crippen molar-refractivity contribution in [3.05, 3.63) is 35.9 Å². The van der Waals surface area contributed by atoms with Crippen LogP contribution in [0, 0.1) is 11.8 Å². The molecule has 1 aromatic rings. The predicted octanol–water partition coefficient (Wildman–Crippen LogP) is 2.78. The van der Waals surface area contributed by atoms with Crippen molar-refractivity contribution in [1.29, 1.82) is 0 Å². The Balaban J connectivity index is 1.43. The fraction of sp³-hybridized carbons (Fsp3) is 0.533. The highest BCUT2D eigenvalue weighted by Crippen LogP contribution is 2.41. The number of urea groups is 1. The van der Waals surface area contributed by atoms with Gasteiger partial charge in [0.15, 0.2) is 0 Å². The standard InChI is InChI=1S/C15H18N2O2/c18-15(16-9-11-6-7-12(8-11)10-16)17-14(19-17)13-4-2-1-3-5-13/h1-5,11-12,14H,6-10H2. The van der Waals surface area contributed by atoms with E-state index < -0.39 is 0 Å². The average molecular weight is 258 g/mol. The lowest BCUT2D eigenvalue weighted by Gasteiger charge is -2.31. The number of likely N-dealkylation sites (tertiary alicyclic amines) is 1. The van der Waals surface area contributed by atoms with Crippen LogP contribution in [0.2, 0.25) is 0 Å². The van der Waals surface area contributed by atoms with Crippen molar-refractivity contribution in [3.63, 3.8) is 0 Å². The Kier molecular flexibility index (Phi) is 2.52. The molecule has 1 aromatic carbocycles. The summed E-state index contributed by atoms with van der Waals surface area (Å²) in [5, 5.41) is 1.51. The molecule has 3 aliphatic rings. The third-order valence-corrected chi connectivity index (χ3v) is 4.53. The Hall–Kier alpha value is -1.55. The van der Waals surface area contributed by atoms with Gasteiger partial charge in [0.2, 0.25) is 6.23 Å². The molecular formula is C15H18N2O2. The van der Waals surface area contributed by atoms with Crippen LogP contribution in [-0.2, 0) is 4.84 Å². The molecule has 100 valence electrons. The summed E-state index contributed by atoms with van der Waals surface area (Å²) in [7, 11) is 0. The molecule has 1 aliphatic carbocycles. The minimum Gasteiger partial charge on any atom is -0.322 e. The lowest BCUT2D eigenvalue weighted by atomic mass is 9.99. The van der Waals surface area contributed by atoms with Gasteiger partial charge in [-0.1, -0.05) is 30.3 Å². The molecule has 2 heterocycles. The minimum absolute atomic E-state index is 0.0467. The van der Waals surface area contributed by atoms with Crippen molar-refractivity contribution >= 4 is 6.03 Å². The van der Waals surface area contributed by atoms with E-state index in [4.69, 9.17) is 4.84 Å². The Labute approximate surface area is 112 Å². The van der Waals surface area contributed by atoms with Gasteiger partial charge in [0.25, 0.3) is 0 Å². The first kappa shape index (κ1) is 11.3. The molecule has 4 nitrogen and oxygen atoms in total. The van der Waals surface area contributed by atoms with E-state index in [0.29, 0.717) is 0 Å². The number of carbonyl (C=O) groups is 1. The molecule has 3 fully saturated rings. The summed E-state index contributed by atoms with van der Waals surface area (Å²) in [5.41, 5.74) is 1.05. The van der Waals surface area contributed by atoms with E-state index in [2.05, 4.69) is 0 Å². The quantitative estimate of drug-likeness (QED) is 0.726. The third kappa shape index (κ3) is 2.00. The number of hydrogen-bond donors (Lipinski definition) is 0. The molecule has 2 amide bonds. The number of nitrogens with zero attached hydrogens (tertiary/aromatic N) is 2. The smallest absolute Gasteiger partial charge is 0.322 e. The fourth-order valence-electron chi connectivity index (χ4n) is 3.54. The van der Waals surface area contributed by atoms with E-state index in [-0.39, 0.29) is 12.3 Å². The zero-order valence-corrected chi connectivity index (χ0v) is 10.9. The number of benzene rings is 1. The van der Waals surface area contributed by atoms with Gasteiger partial charge in [-0.05, 0) is 31.1 Å². The Morgan fingerprint density at radius 1 is 1.11 bits per heavy atom. The summed E-state index contributed by atoms with van der Waals surface area (Å²) >= 11 is 0. The molecule has 4 heteroatoms. The number of hydrogen-bond acceptors (Lipinski definition) is 2. The summed E-state index contributed by atoms with van der Waals surface area (Å²) in [6.45, 7) is 1.83. The molecule has 1 saturated carbocycles. The number of fused-ring (bicyclic) bond motifs is 2. The van der Waals surface area contributed by atoms with Crippen LogP contribution in [0.5, 0.6) is 0 Å². The fourth-order valence-corrected chi connectivity index (χ4v) is 3.54. The Bertz CT molecular complexity index is 478. The maximum atomic E-state index is 12.4. The second-order valence-electron chi connectivity index (χ2n) is 5.93. The molecule has 2 aliphatic heterocycles. The lowest BCUT2D eigenvalue weighted by molar-refractivity contribution is 0.115.